The van der Waals surface area contributed by atoms with E-state index in [-0.39, 0.29) is 0 Å². The van der Waals surface area contributed by atoms with Crippen molar-refractivity contribution in [3.05, 3.63) is 64.2 Å². The Hall–Kier alpha value is -1.80. The number of hydrogen-bond donors (Lipinski definition) is 1. The largest absolute Gasteiger partial charge is 0.497 e. The molecular formula is C18H22O2. The Morgan fingerprint density at radius 3 is 2.40 bits per heavy atom. The van der Waals surface area contributed by atoms with Crippen LogP contribution in [0.25, 0.3) is 0 Å². The minimum atomic E-state index is -0.485. The molecule has 0 amide bonds. The number of hydrogen-bond acceptors (Lipinski definition) is 2. The van der Waals surface area contributed by atoms with Gasteiger partial charge in [0.2, 0.25) is 0 Å². The van der Waals surface area contributed by atoms with Crippen LogP contribution in [0.5, 0.6) is 5.75 Å². The summed E-state index contributed by atoms with van der Waals surface area (Å²) in [4.78, 5) is 0. The maximum atomic E-state index is 10.5. The zero-order valence-corrected chi connectivity index (χ0v) is 12.6. The van der Waals surface area contributed by atoms with E-state index in [9.17, 15) is 5.11 Å². The summed E-state index contributed by atoms with van der Waals surface area (Å²) in [5, 5.41) is 10.5. The van der Waals surface area contributed by atoms with E-state index in [0.29, 0.717) is 6.42 Å². The highest BCUT2D eigenvalue weighted by Crippen LogP contribution is 2.26. The van der Waals surface area contributed by atoms with E-state index in [0.717, 1.165) is 16.9 Å². The number of ether oxygens (including phenoxy) is 1. The molecule has 2 heteroatoms. The first-order valence-corrected chi connectivity index (χ1v) is 6.90. The summed E-state index contributed by atoms with van der Waals surface area (Å²) in [6, 6.07) is 12.2. The van der Waals surface area contributed by atoms with Crippen LogP contribution in [-0.2, 0) is 6.42 Å². The van der Waals surface area contributed by atoms with Crippen LogP contribution in [0.2, 0.25) is 0 Å². The first-order chi connectivity index (χ1) is 9.51. The topological polar surface area (TPSA) is 29.5 Å². The van der Waals surface area contributed by atoms with Crippen molar-refractivity contribution in [2.45, 2.75) is 33.3 Å². The third kappa shape index (κ3) is 3.20. The standard InChI is InChI=1S/C18H22O2/c1-12-5-6-13(2)15(9-12)11-18(19)17-8-7-16(20-4)10-14(17)3/h5-10,18-19H,11H2,1-4H3. The SMILES string of the molecule is COc1ccc(C(O)Cc2cc(C)ccc2C)c(C)c1. The highest BCUT2D eigenvalue weighted by atomic mass is 16.5. The van der Waals surface area contributed by atoms with Crippen LogP contribution >= 0.6 is 0 Å². The molecule has 1 atom stereocenters. The monoisotopic (exact) mass is 270 g/mol. The quantitative estimate of drug-likeness (QED) is 0.913. The molecule has 0 fully saturated rings. The summed E-state index contributed by atoms with van der Waals surface area (Å²) in [6.45, 7) is 6.17. The number of rotatable bonds is 4. The Kier molecular flexibility index (Phi) is 4.46. The van der Waals surface area contributed by atoms with Crippen LogP contribution < -0.4 is 4.74 Å². The predicted molar refractivity (Wildman–Crippen MR) is 82.3 cm³/mol. The Labute approximate surface area is 121 Å². The molecule has 0 aromatic heterocycles. The van der Waals surface area contributed by atoms with Crippen LogP contribution in [-0.4, -0.2) is 12.2 Å². The third-order valence-electron chi connectivity index (χ3n) is 3.75. The second-order valence-corrected chi connectivity index (χ2v) is 5.37. The lowest BCUT2D eigenvalue weighted by atomic mass is 9.94. The molecule has 1 unspecified atom stereocenters. The first-order valence-electron chi connectivity index (χ1n) is 6.90. The number of aliphatic hydroxyl groups excluding tert-OH is 1. The van der Waals surface area contributed by atoms with Crippen molar-refractivity contribution in [3.63, 3.8) is 0 Å². The molecule has 2 aromatic carbocycles. The van der Waals surface area contributed by atoms with Crippen molar-refractivity contribution in [1.82, 2.24) is 0 Å². The van der Waals surface area contributed by atoms with Gasteiger partial charge in [-0.05, 0) is 55.2 Å². The zero-order valence-electron chi connectivity index (χ0n) is 12.6. The van der Waals surface area contributed by atoms with E-state index < -0.39 is 6.10 Å². The molecule has 2 aromatic rings. The fraction of sp³-hybridized carbons (Fsp3) is 0.333. The average molecular weight is 270 g/mol. The maximum absolute atomic E-state index is 10.5. The second-order valence-electron chi connectivity index (χ2n) is 5.37. The van der Waals surface area contributed by atoms with Gasteiger partial charge in [0.15, 0.2) is 0 Å². The molecule has 106 valence electrons. The summed E-state index contributed by atoms with van der Waals surface area (Å²) >= 11 is 0. The van der Waals surface area contributed by atoms with Crippen molar-refractivity contribution >= 4 is 0 Å². The Balaban J connectivity index is 2.23. The van der Waals surface area contributed by atoms with Gasteiger partial charge in [-0.2, -0.15) is 0 Å². The van der Waals surface area contributed by atoms with Crippen LogP contribution in [0.1, 0.15) is 33.9 Å². The van der Waals surface area contributed by atoms with Crippen molar-refractivity contribution < 1.29 is 9.84 Å². The molecule has 0 saturated heterocycles. The number of benzene rings is 2. The zero-order chi connectivity index (χ0) is 14.7. The minimum Gasteiger partial charge on any atom is -0.497 e. The Morgan fingerprint density at radius 1 is 1.00 bits per heavy atom. The second kappa shape index (κ2) is 6.10. The fourth-order valence-electron chi connectivity index (χ4n) is 2.49. The highest BCUT2D eigenvalue weighted by Gasteiger charge is 2.13. The number of methoxy groups -OCH3 is 1. The van der Waals surface area contributed by atoms with Crippen molar-refractivity contribution in [1.29, 1.82) is 0 Å². The van der Waals surface area contributed by atoms with Crippen LogP contribution in [0, 0.1) is 20.8 Å². The number of aryl methyl sites for hydroxylation is 3. The molecule has 2 nitrogen and oxygen atoms in total. The van der Waals surface area contributed by atoms with Crippen LogP contribution in [0.3, 0.4) is 0 Å². The van der Waals surface area contributed by atoms with Gasteiger partial charge in [0.1, 0.15) is 5.75 Å². The third-order valence-corrected chi connectivity index (χ3v) is 3.75. The molecule has 2 rings (SSSR count). The summed E-state index contributed by atoms with van der Waals surface area (Å²) in [7, 11) is 1.65. The molecule has 0 spiro atoms. The van der Waals surface area contributed by atoms with E-state index >= 15 is 0 Å². The van der Waals surface area contributed by atoms with Gasteiger partial charge >= 0.3 is 0 Å². The average Bonchev–Trinajstić information content (AvgIpc) is 2.42. The van der Waals surface area contributed by atoms with Gasteiger partial charge in [-0.3, -0.25) is 0 Å². The molecule has 0 aliphatic carbocycles. The smallest absolute Gasteiger partial charge is 0.119 e. The van der Waals surface area contributed by atoms with Crippen LogP contribution in [0.15, 0.2) is 36.4 Å². The molecule has 0 aliphatic heterocycles. The van der Waals surface area contributed by atoms with Crippen molar-refractivity contribution in [2.75, 3.05) is 7.11 Å². The first kappa shape index (κ1) is 14.6. The minimum absolute atomic E-state index is 0.485. The summed E-state index contributed by atoms with van der Waals surface area (Å²) in [5.74, 6) is 0.824. The van der Waals surface area contributed by atoms with E-state index in [1.807, 2.05) is 25.1 Å². The van der Waals surface area contributed by atoms with Crippen LogP contribution in [0.4, 0.5) is 0 Å². The van der Waals surface area contributed by atoms with Gasteiger partial charge in [-0.25, -0.2) is 0 Å². The molecule has 0 aliphatic rings. The summed E-state index contributed by atoms with van der Waals surface area (Å²) in [5.41, 5.74) is 5.67. The Morgan fingerprint density at radius 2 is 1.75 bits per heavy atom. The molecule has 0 radical (unpaired) electrons. The van der Waals surface area contributed by atoms with E-state index in [4.69, 9.17) is 4.74 Å². The van der Waals surface area contributed by atoms with Gasteiger partial charge in [0, 0.05) is 6.42 Å². The van der Waals surface area contributed by atoms with Gasteiger partial charge in [-0.15, -0.1) is 0 Å². The van der Waals surface area contributed by atoms with Crippen molar-refractivity contribution in [3.8, 4) is 5.75 Å². The van der Waals surface area contributed by atoms with Gasteiger partial charge in [0.25, 0.3) is 0 Å². The molecule has 1 N–H and O–H groups in total. The Bertz CT molecular complexity index is 602. The molecule has 0 heterocycles. The molecule has 20 heavy (non-hydrogen) atoms. The predicted octanol–water partition coefficient (Wildman–Crippen LogP) is 3.90. The summed E-state index contributed by atoms with van der Waals surface area (Å²) < 4.78 is 5.20. The molecule has 0 bridgehead atoms. The van der Waals surface area contributed by atoms with Gasteiger partial charge < -0.3 is 9.84 Å². The lowest BCUT2D eigenvalue weighted by Gasteiger charge is -2.16. The summed E-state index contributed by atoms with van der Waals surface area (Å²) in [6.07, 6.45) is 0.155. The highest BCUT2D eigenvalue weighted by molar-refractivity contribution is 5.38. The lowest BCUT2D eigenvalue weighted by Crippen LogP contribution is -2.05. The van der Waals surface area contributed by atoms with Crippen molar-refractivity contribution in [2.24, 2.45) is 0 Å². The normalized spacial score (nSPS) is 12.2. The van der Waals surface area contributed by atoms with Gasteiger partial charge in [0.05, 0.1) is 13.2 Å². The van der Waals surface area contributed by atoms with E-state index in [2.05, 4.69) is 32.0 Å². The maximum Gasteiger partial charge on any atom is 0.119 e. The fourth-order valence-corrected chi connectivity index (χ4v) is 2.49. The van der Waals surface area contributed by atoms with E-state index in [1.165, 1.54) is 16.7 Å². The lowest BCUT2D eigenvalue weighted by molar-refractivity contribution is 0.177. The van der Waals surface area contributed by atoms with Gasteiger partial charge in [-0.1, -0.05) is 29.8 Å². The molecule has 0 saturated carbocycles. The molecular weight excluding hydrogens is 248 g/mol. The number of aliphatic hydroxyl groups is 1. The van der Waals surface area contributed by atoms with E-state index in [1.54, 1.807) is 7.11 Å².